The molecule has 1 aliphatic rings. The fourth-order valence-corrected chi connectivity index (χ4v) is 4.77. The number of ketones is 1. The zero-order chi connectivity index (χ0) is 23.0. The minimum absolute atomic E-state index is 0.0656. The molecule has 1 saturated heterocycles. The Labute approximate surface area is 197 Å². The van der Waals surface area contributed by atoms with E-state index < -0.39 is 0 Å². The van der Waals surface area contributed by atoms with Gasteiger partial charge in [-0.25, -0.2) is 9.50 Å². The lowest BCUT2D eigenvalue weighted by Gasteiger charge is -2.31. The van der Waals surface area contributed by atoms with Crippen LogP contribution in [0.5, 0.6) is 0 Å². The Bertz CT molecular complexity index is 1200. The summed E-state index contributed by atoms with van der Waals surface area (Å²) < 4.78 is 1.85. The quantitative estimate of drug-likeness (QED) is 0.489. The van der Waals surface area contributed by atoms with Crippen molar-refractivity contribution in [1.29, 1.82) is 0 Å². The van der Waals surface area contributed by atoms with Gasteiger partial charge in [-0.3, -0.25) is 9.59 Å². The van der Waals surface area contributed by atoms with E-state index in [1.165, 1.54) is 0 Å². The number of piperidine rings is 1. The summed E-state index contributed by atoms with van der Waals surface area (Å²) in [6.45, 7) is 7.13. The lowest BCUT2D eigenvalue weighted by molar-refractivity contribution is -0.132. The molecule has 6 nitrogen and oxygen atoms in total. The van der Waals surface area contributed by atoms with E-state index in [0.717, 1.165) is 28.3 Å². The average molecular weight is 473 g/mol. The zero-order valence-electron chi connectivity index (χ0n) is 18.5. The SMILES string of the molecule is Cc1cc2nc(C)c(CCC(=O)N3CCC(C(=O)c4ccc(Cl)c(Cl)c4)CC3)c(C)n2n1. The number of aromatic nitrogens is 3. The van der Waals surface area contributed by atoms with E-state index in [-0.39, 0.29) is 17.6 Å². The first-order chi connectivity index (χ1) is 15.2. The van der Waals surface area contributed by atoms with E-state index in [4.69, 9.17) is 23.2 Å². The van der Waals surface area contributed by atoms with Crippen molar-refractivity contribution in [3.63, 3.8) is 0 Å². The van der Waals surface area contributed by atoms with Crippen LogP contribution in [-0.2, 0) is 11.2 Å². The predicted octanol–water partition coefficient (Wildman–Crippen LogP) is 5.02. The summed E-state index contributed by atoms with van der Waals surface area (Å²) in [5.41, 5.74) is 5.37. The normalized spacial score (nSPS) is 14.8. The maximum Gasteiger partial charge on any atom is 0.222 e. The van der Waals surface area contributed by atoms with Gasteiger partial charge in [0.1, 0.15) is 0 Å². The molecule has 4 rings (SSSR count). The molecule has 0 unspecified atom stereocenters. The molecule has 1 fully saturated rings. The number of benzene rings is 1. The third-order valence-electron chi connectivity index (χ3n) is 6.30. The minimum atomic E-state index is -0.101. The zero-order valence-corrected chi connectivity index (χ0v) is 20.0. The third kappa shape index (κ3) is 4.52. The molecule has 32 heavy (non-hydrogen) atoms. The monoisotopic (exact) mass is 472 g/mol. The summed E-state index contributed by atoms with van der Waals surface area (Å²) in [4.78, 5) is 32.2. The van der Waals surface area contributed by atoms with Gasteiger partial charge < -0.3 is 4.90 Å². The van der Waals surface area contributed by atoms with E-state index in [0.29, 0.717) is 54.4 Å². The van der Waals surface area contributed by atoms with Gasteiger partial charge in [-0.15, -0.1) is 0 Å². The number of amides is 1. The van der Waals surface area contributed by atoms with Crippen LogP contribution < -0.4 is 0 Å². The average Bonchev–Trinajstić information content (AvgIpc) is 3.15. The van der Waals surface area contributed by atoms with Gasteiger partial charge in [0.05, 0.1) is 15.7 Å². The Hall–Kier alpha value is -2.44. The van der Waals surface area contributed by atoms with Crippen LogP contribution in [0, 0.1) is 26.7 Å². The summed E-state index contributed by atoms with van der Waals surface area (Å²) in [5.74, 6) is 0.0761. The maximum absolute atomic E-state index is 12.9. The van der Waals surface area contributed by atoms with Crippen molar-refractivity contribution in [2.24, 2.45) is 5.92 Å². The van der Waals surface area contributed by atoms with Crippen LogP contribution in [0.3, 0.4) is 0 Å². The van der Waals surface area contributed by atoms with Crippen molar-refractivity contribution in [2.45, 2.75) is 46.5 Å². The van der Waals surface area contributed by atoms with E-state index in [2.05, 4.69) is 10.1 Å². The summed E-state index contributed by atoms with van der Waals surface area (Å²) in [7, 11) is 0. The van der Waals surface area contributed by atoms with Crippen LogP contribution in [0.25, 0.3) is 5.65 Å². The highest BCUT2D eigenvalue weighted by molar-refractivity contribution is 6.42. The number of carbonyl (C=O) groups is 2. The first kappa shape index (κ1) is 22.7. The Morgan fingerprint density at radius 3 is 2.47 bits per heavy atom. The molecule has 0 spiro atoms. The number of aryl methyl sites for hydroxylation is 3. The van der Waals surface area contributed by atoms with Crippen molar-refractivity contribution < 1.29 is 9.59 Å². The number of nitrogens with zero attached hydrogens (tertiary/aromatic N) is 4. The van der Waals surface area contributed by atoms with E-state index >= 15 is 0 Å². The number of Topliss-reactive ketones (excluding diaryl/α,β-unsaturated/α-hetero) is 1. The van der Waals surface area contributed by atoms with E-state index in [1.807, 2.05) is 36.3 Å². The lowest BCUT2D eigenvalue weighted by atomic mass is 9.88. The lowest BCUT2D eigenvalue weighted by Crippen LogP contribution is -2.40. The molecular weight excluding hydrogens is 447 g/mol. The highest BCUT2D eigenvalue weighted by Crippen LogP contribution is 2.27. The molecule has 1 aliphatic heterocycles. The van der Waals surface area contributed by atoms with Gasteiger partial charge in [-0.2, -0.15) is 5.10 Å². The van der Waals surface area contributed by atoms with E-state index in [9.17, 15) is 9.59 Å². The number of rotatable bonds is 5. The number of fused-ring (bicyclic) bond motifs is 1. The predicted molar refractivity (Wildman–Crippen MR) is 126 cm³/mol. The Morgan fingerprint density at radius 2 is 1.78 bits per heavy atom. The first-order valence-corrected chi connectivity index (χ1v) is 11.6. The largest absolute Gasteiger partial charge is 0.343 e. The molecule has 168 valence electrons. The summed E-state index contributed by atoms with van der Waals surface area (Å²) in [5, 5.41) is 5.32. The number of likely N-dealkylation sites (tertiary alicyclic amines) is 1. The summed E-state index contributed by atoms with van der Waals surface area (Å²) in [6.07, 6.45) is 2.35. The van der Waals surface area contributed by atoms with Crippen molar-refractivity contribution in [2.75, 3.05) is 13.1 Å². The van der Waals surface area contributed by atoms with Gasteiger partial charge in [0.15, 0.2) is 11.4 Å². The highest BCUT2D eigenvalue weighted by atomic mass is 35.5. The molecule has 0 N–H and O–H groups in total. The van der Waals surface area contributed by atoms with E-state index in [1.54, 1.807) is 18.2 Å². The van der Waals surface area contributed by atoms with Gasteiger partial charge in [0, 0.05) is 48.4 Å². The van der Waals surface area contributed by atoms with Crippen LogP contribution in [0.15, 0.2) is 24.3 Å². The van der Waals surface area contributed by atoms with Crippen LogP contribution in [0.4, 0.5) is 0 Å². The van der Waals surface area contributed by atoms with Gasteiger partial charge in [-0.05, 0) is 63.8 Å². The molecular formula is C24H26Cl2N4O2. The summed E-state index contributed by atoms with van der Waals surface area (Å²) >= 11 is 12.0. The van der Waals surface area contributed by atoms with Gasteiger partial charge in [0.2, 0.25) is 5.91 Å². The van der Waals surface area contributed by atoms with Crippen LogP contribution in [0.1, 0.15) is 52.3 Å². The summed E-state index contributed by atoms with van der Waals surface area (Å²) in [6, 6.07) is 6.94. The van der Waals surface area contributed by atoms with Gasteiger partial charge >= 0.3 is 0 Å². The first-order valence-electron chi connectivity index (χ1n) is 10.8. The molecule has 0 saturated carbocycles. The molecule has 0 bridgehead atoms. The van der Waals surface area contributed by atoms with Crippen LogP contribution in [0.2, 0.25) is 10.0 Å². The van der Waals surface area contributed by atoms with Gasteiger partial charge in [-0.1, -0.05) is 23.2 Å². The Kier molecular flexibility index (Phi) is 6.54. The molecule has 8 heteroatoms. The third-order valence-corrected chi connectivity index (χ3v) is 7.04. The van der Waals surface area contributed by atoms with Crippen molar-refractivity contribution in [3.8, 4) is 0 Å². The number of halogens is 2. The molecule has 0 atom stereocenters. The standard InChI is InChI=1S/C24H26Cl2N4O2/c1-14-12-22-27-15(2)19(16(3)30(22)28-14)5-7-23(31)29-10-8-17(9-11-29)24(32)18-4-6-20(25)21(26)13-18/h4,6,12-13,17H,5,7-11H2,1-3H3. The molecule has 3 heterocycles. The second-order valence-electron chi connectivity index (χ2n) is 8.47. The second-order valence-corrected chi connectivity index (χ2v) is 9.28. The number of hydrogen-bond donors (Lipinski definition) is 0. The smallest absolute Gasteiger partial charge is 0.222 e. The van der Waals surface area contributed by atoms with Crippen molar-refractivity contribution in [3.05, 3.63) is 62.5 Å². The van der Waals surface area contributed by atoms with Crippen LogP contribution >= 0.6 is 23.2 Å². The fourth-order valence-electron chi connectivity index (χ4n) is 4.47. The number of hydrogen-bond acceptors (Lipinski definition) is 4. The van der Waals surface area contributed by atoms with Crippen molar-refractivity contribution in [1.82, 2.24) is 19.5 Å². The molecule has 3 aromatic rings. The second kappa shape index (κ2) is 9.20. The Balaban J connectivity index is 1.35. The highest BCUT2D eigenvalue weighted by Gasteiger charge is 2.28. The molecule has 2 aromatic heterocycles. The van der Waals surface area contributed by atoms with Crippen LogP contribution in [-0.4, -0.2) is 44.3 Å². The molecule has 0 aliphatic carbocycles. The topological polar surface area (TPSA) is 67.6 Å². The molecule has 0 radical (unpaired) electrons. The van der Waals surface area contributed by atoms with Crippen molar-refractivity contribution >= 4 is 40.5 Å². The van der Waals surface area contributed by atoms with Gasteiger partial charge in [0.25, 0.3) is 0 Å². The number of carbonyl (C=O) groups excluding carboxylic acids is 2. The maximum atomic E-state index is 12.9. The minimum Gasteiger partial charge on any atom is -0.343 e. The molecule has 1 aromatic carbocycles. The Morgan fingerprint density at radius 1 is 1.06 bits per heavy atom. The molecule has 1 amide bonds. The fraction of sp³-hybridized carbons (Fsp3) is 0.417.